The van der Waals surface area contributed by atoms with E-state index in [1.807, 2.05) is 18.2 Å². The second-order valence-corrected chi connectivity index (χ2v) is 6.51. The maximum absolute atomic E-state index is 9.75. The summed E-state index contributed by atoms with van der Waals surface area (Å²) in [5.74, 6) is 0. The fourth-order valence-corrected chi connectivity index (χ4v) is 3.72. The highest BCUT2D eigenvalue weighted by Crippen LogP contribution is 2.49. The zero-order chi connectivity index (χ0) is 15.5. The first kappa shape index (κ1) is 13.6. The van der Waals surface area contributed by atoms with Gasteiger partial charge in [0.1, 0.15) is 0 Å². The van der Waals surface area contributed by atoms with Crippen LogP contribution in [0.4, 0.5) is 0 Å². The minimum absolute atomic E-state index is 0.139. The van der Waals surface area contributed by atoms with Crippen molar-refractivity contribution in [3.63, 3.8) is 0 Å². The minimum atomic E-state index is -1.46. The van der Waals surface area contributed by atoms with Crippen LogP contribution in [0.15, 0.2) is 54.6 Å². The predicted octanol–water partition coefficient (Wildman–Crippen LogP) is 2.83. The van der Waals surface area contributed by atoms with Crippen LogP contribution in [-0.2, 0) is 5.41 Å². The summed E-state index contributed by atoms with van der Waals surface area (Å²) >= 11 is 0. The Bertz CT molecular complexity index is 897. The molecule has 1 aliphatic rings. The van der Waals surface area contributed by atoms with Crippen molar-refractivity contribution >= 4 is 23.4 Å². The van der Waals surface area contributed by atoms with Gasteiger partial charge in [0.2, 0.25) is 0 Å². The van der Waals surface area contributed by atoms with Crippen molar-refractivity contribution in [3.8, 4) is 11.1 Å². The average molecular weight is 288 g/mol. The second kappa shape index (κ2) is 4.45. The lowest BCUT2D eigenvalue weighted by Crippen LogP contribution is -2.32. The van der Waals surface area contributed by atoms with Crippen molar-refractivity contribution in [2.75, 3.05) is 0 Å². The number of hydrogen-bond acceptors (Lipinski definition) is 2. The van der Waals surface area contributed by atoms with Gasteiger partial charge in [-0.05, 0) is 50.6 Å². The smallest absolute Gasteiger partial charge is 0.423 e. The summed E-state index contributed by atoms with van der Waals surface area (Å²) in [4.78, 5) is 0. The lowest BCUT2D eigenvalue weighted by atomic mass is 9.74. The Kier molecular flexibility index (Phi) is 2.74. The molecule has 0 heterocycles. The van der Waals surface area contributed by atoms with Crippen LogP contribution in [0.2, 0.25) is 0 Å². The number of hydrogen-bond donors (Lipinski definition) is 2. The molecule has 0 spiro atoms. The van der Waals surface area contributed by atoms with E-state index < -0.39 is 7.12 Å². The summed E-state index contributed by atoms with van der Waals surface area (Å²) in [6.07, 6.45) is 0. The zero-order valence-electron chi connectivity index (χ0n) is 12.7. The molecule has 3 heteroatoms. The van der Waals surface area contributed by atoms with Gasteiger partial charge in [0.15, 0.2) is 0 Å². The van der Waals surface area contributed by atoms with Crippen LogP contribution in [0.1, 0.15) is 25.0 Å². The van der Waals surface area contributed by atoms with E-state index in [2.05, 4.69) is 44.2 Å². The molecule has 0 radical (unpaired) electrons. The predicted molar refractivity (Wildman–Crippen MR) is 91.3 cm³/mol. The Balaban J connectivity index is 2.13. The SMILES string of the molecule is CC1(C)c2cc3ccccc3cc2-c2c(B(O)O)cccc21. The van der Waals surface area contributed by atoms with Crippen molar-refractivity contribution in [2.45, 2.75) is 19.3 Å². The Morgan fingerprint density at radius 2 is 1.50 bits per heavy atom. The van der Waals surface area contributed by atoms with Crippen LogP contribution in [0.5, 0.6) is 0 Å². The third kappa shape index (κ3) is 1.70. The third-order valence-electron chi connectivity index (χ3n) is 4.88. The first-order valence-corrected chi connectivity index (χ1v) is 7.53. The highest BCUT2D eigenvalue weighted by molar-refractivity contribution is 6.60. The highest BCUT2D eigenvalue weighted by Gasteiger charge is 2.38. The molecule has 0 amide bonds. The first-order chi connectivity index (χ1) is 10.5. The number of rotatable bonds is 1. The normalized spacial score (nSPS) is 14.7. The van der Waals surface area contributed by atoms with Gasteiger partial charge in [-0.25, -0.2) is 0 Å². The first-order valence-electron chi connectivity index (χ1n) is 7.53. The van der Waals surface area contributed by atoms with Gasteiger partial charge in [-0.2, -0.15) is 0 Å². The van der Waals surface area contributed by atoms with Gasteiger partial charge >= 0.3 is 7.12 Å². The minimum Gasteiger partial charge on any atom is -0.423 e. The molecule has 0 unspecified atom stereocenters. The molecule has 0 atom stereocenters. The van der Waals surface area contributed by atoms with Gasteiger partial charge in [0.05, 0.1) is 0 Å². The monoisotopic (exact) mass is 288 g/mol. The Morgan fingerprint density at radius 1 is 0.818 bits per heavy atom. The van der Waals surface area contributed by atoms with Gasteiger partial charge in [-0.1, -0.05) is 56.3 Å². The van der Waals surface area contributed by atoms with E-state index in [-0.39, 0.29) is 5.41 Å². The molecule has 0 fully saturated rings. The summed E-state index contributed by atoms with van der Waals surface area (Å²) in [6.45, 7) is 4.39. The second-order valence-electron chi connectivity index (χ2n) is 6.51. The zero-order valence-corrected chi connectivity index (χ0v) is 12.7. The highest BCUT2D eigenvalue weighted by atomic mass is 16.4. The molecular formula is C19H17BO2. The Labute approximate surface area is 130 Å². The van der Waals surface area contributed by atoms with Gasteiger partial charge in [-0.15, -0.1) is 0 Å². The molecule has 4 rings (SSSR count). The van der Waals surface area contributed by atoms with E-state index in [1.54, 1.807) is 6.07 Å². The molecule has 3 aromatic carbocycles. The topological polar surface area (TPSA) is 40.5 Å². The molecule has 1 aliphatic carbocycles. The molecule has 22 heavy (non-hydrogen) atoms. The summed E-state index contributed by atoms with van der Waals surface area (Å²) in [5, 5.41) is 21.9. The van der Waals surface area contributed by atoms with Crippen molar-refractivity contribution in [2.24, 2.45) is 0 Å². The third-order valence-corrected chi connectivity index (χ3v) is 4.88. The maximum atomic E-state index is 9.75. The summed E-state index contributed by atoms with van der Waals surface area (Å²) < 4.78 is 0. The number of benzene rings is 3. The van der Waals surface area contributed by atoms with Crippen molar-refractivity contribution in [3.05, 3.63) is 65.7 Å². The molecular weight excluding hydrogens is 271 g/mol. The average Bonchev–Trinajstić information content (AvgIpc) is 2.73. The van der Waals surface area contributed by atoms with Gasteiger partial charge in [0, 0.05) is 5.41 Å². The molecule has 0 bridgehead atoms. The van der Waals surface area contributed by atoms with Crippen molar-refractivity contribution < 1.29 is 10.0 Å². The standard InChI is InChI=1S/C19H17BO2/c1-19(2)15-8-5-9-17(20(21)22)18(15)14-10-12-6-3-4-7-13(12)11-16(14)19/h3-11,21-22H,1-2H3. The van der Waals surface area contributed by atoms with Crippen LogP contribution in [-0.4, -0.2) is 17.2 Å². The van der Waals surface area contributed by atoms with E-state index in [0.29, 0.717) is 5.46 Å². The molecule has 2 nitrogen and oxygen atoms in total. The lowest BCUT2D eigenvalue weighted by molar-refractivity contribution is 0.426. The molecule has 0 saturated heterocycles. The maximum Gasteiger partial charge on any atom is 0.489 e. The van der Waals surface area contributed by atoms with E-state index in [9.17, 15) is 10.0 Å². The van der Waals surface area contributed by atoms with E-state index in [0.717, 1.165) is 16.7 Å². The summed E-state index contributed by atoms with van der Waals surface area (Å²) in [6, 6.07) is 18.5. The van der Waals surface area contributed by atoms with E-state index >= 15 is 0 Å². The van der Waals surface area contributed by atoms with Gasteiger partial charge in [0.25, 0.3) is 0 Å². The van der Waals surface area contributed by atoms with Crippen LogP contribution in [0.25, 0.3) is 21.9 Å². The molecule has 3 aromatic rings. The van der Waals surface area contributed by atoms with Crippen LogP contribution in [0, 0.1) is 0 Å². The quantitative estimate of drug-likeness (QED) is 0.676. The van der Waals surface area contributed by atoms with Crippen LogP contribution in [0.3, 0.4) is 0 Å². The van der Waals surface area contributed by atoms with E-state index in [1.165, 1.54) is 16.3 Å². The molecule has 0 aliphatic heterocycles. The Hall–Kier alpha value is -2.10. The molecule has 108 valence electrons. The Morgan fingerprint density at radius 3 is 2.18 bits per heavy atom. The molecule has 2 N–H and O–H groups in total. The van der Waals surface area contributed by atoms with Crippen molar-refractivity contribution in [1.82, 2.24) is 0 Å². The van der Waals surface area contributed by atoms with Crippen LogP contribution < -0.4 is 5.46 Å². The fourth-order valence-electron chi connectivity index (χ4n) is 3.72. The van der Waals surface area contributed by atoms with Crippen molar-refractivity contribution in [1.29, 1.82) is 0 Å². The fraction of sp³-hybridized carbons (Fsp3) is 0.158. The summed E-state index contributed by atoms with van der Waals surface area (Å²) in [7, 11) is -1.46. The van der Waals surface area contributed by atoms with Gasteiger partial charge < -0.3 is 10.0 Å². The number of fused-ring (bicyclic) bond motifs is 4. The molecule has 0 aromatic heterocycles. The van der Waals surface area contributed by atoms with E-state index in [4.69, 9.17) is 0 Å². The lowest BCUT2D eigenvalue weighted by Gasteiger charge is -2.22. The summed E-state index contributed by atoms with van der Waals surface area (Å²) in [5.41, 5.74) is 4.93. The van der Waals surface area contributed by atoms with Gasteiger partial charge in [-0.3, -0.25) is 0 Å². The molecule has 0 saturated carbocycles. The van der Waals surface area contributed by atoms with Crippen LogP contribution >= 0.6 is 0 Å². The largest absolute Gasteiger partial charge is 0.489 e.